The van der Waals surface area contributed by atoms with E-state index in [0.717, 1.165) is 16.0 Å². The van der Waals surface area contributed by atoms with Crippen LogP contribution in [0.4, 0.5) is 5.69 Å². The molecule has 0 saturated carbocycles. The van der Waals surface area contributed by atoms with Gasteiger partial charge in [0.1, 0.15) is 6.54 Å². The third-order valence-electron chi connectivity index (χ3n) is 4.45. The highest BCUT2D eigenvalue weighted by Crippen LogP contribution is 2.27. The van der Waals surface area contributed by atoms with Crippen LogP contribution in [-0.4, -0.2) is 25.7 Å². The minimum atomic E-state index is -0.332. The van der Waals surface area contributed by atoms with Crippen LogP contribution in [0.15, 0.2) is 94.0 Å². The summed E-state index contributed by atoms with van der Waals surface area (Å²) < 4.78 is 1.17. The van der Waals surface area contributed by atoms with Crippen molar-refractivity contribution in [3.63, 3.8) is 0 Å². The van der Waals surface area contributed by atoms with Gasteiger partial charge in [-0.3, -0.25) is 9.59 Å². The Morgan fingerprint density at radius 2 is 1.77 bits per heavy atom. The Morgan fingerprint density at radius 1 is 1.00 bits per heavy atom. The van der Waals surface area contributed by atoms with Gasteiger partial charge in [-0.05, 0) is 54.6 Å². The fourth-order valence-electron chi connectivity index (χ4n) is 2.93. The zero-order chi connectivity index (χ0) is 21.6. The molecular weight excluding hydrogens is 410 g/mol. The average molecular weight is 430 g/mol. The molecule has 2 aromatic heterocycles. The molecule has 2 aromatic carbocycles. The molecule has 0 aliphatic heterocycles. The lowest BCUT2D eigenvalue weighted by Gasteiger charge is -2.11. The van der Waals surface area contributed by atoms with Gasteiger partial charge < -0.3 is 5.32 Å². The molecule has 0 spiro atoms. The van der Waals surface area contributed by atoms with E-state index < -0.39 is 0 Å². The first-order valence-corrected chi connectivity index (χ1v) is 10.4. The number of carbonyl (C=O) groups excluding carboxylic acids is 1. The van der Waals surface area contributed by atoms with Crippen LogP contribution < -0.4 is 10.9 Å². The van der Waals surface area contributed by atoms with E-state index in [2.05, 4.69) is 20.4 Å². The van der Waals surface area contributed by atoms with Crippen LogP contribution in [-0.2, 0) is 11.3 Å². The Morgan fingerprint density at radius 3 is 2.52 bits per heavy atom. The van der Waals surface area contributed by atoms with Crippen molar-refractivity contribution in [1.82, 2.24) is 19.7 Å². The molecule has 7 nitrogen and oxygen atoms in total. The predicted octanol–water partition coefficient (Wildman–Crippen LogP) is 3.80. The summed E-state index contributed by atoms with van der Waals surface area (Å²) in [4.78, 5) is 34.1. The summed E-state index contributed by atoms with van der Waals surface area (Å²) in [7, 11) is 0. The van der Waals surface area contributed by atoms with Crippen molar-refractivity contribution in [2.45, 2.75) is 23.5 Å². The summed E-state index contributed by atoms with van der Waals surface area (Å²) in [6, 6.07) is 20.0. The Hall–Kier alpha value is -3.78. The number of amides is 1. The molecule has 0 aliphatic carbocycles. The van der Waals surface area contributed by atoms with E-state index >= 15 is 0 Å². The standard InChI is InChI=1S/C23H19N5O2S/c1-16-14-18(31-23-24-12-5-13-25-23)8-9-19(16)26-21(29)15-28-22(30)11-10-20(27-28)17-6-3-2-4-7-17/h2-14H,15H2,1H3,(H,26,29). The van der Waals surface area contributed by atoms with E-state index in [1.54, 1.807) is 24.5 Å². The smallest absolute Gasteiger partial charge is 0.267 e. The SMILES string of the molecule is Cc1cc(Sc2ncccn2)ccc1NC(=O)Cn1nc(-c2ccccc2)ccc1=O. The van der Waals surface area contributed by atoms with Crippen LogP contribution in [0.2, 0.25) is 0 Å². The third kappa shape index (κ3) is 5.23. The van der Waals surface area contributed by atoms with E-state index in [1.165, 1.54) is 22.5 Å². The molecule has 0 saturated heterocycles. The fourth-order valence-corrected chi connectivity index (χ4v) is 3.74. The van der Waals surface area contributed by atoms with Gasteiger partial charge in [-0.15, -0.1) is 0 Å². The summed E-state index contributed by atoms with van der Waals surface area (Å²) >= 11 is 1.44. The maximum atomic E-state index is 12.6. The van der Waals surface area contributed by atoms with Gasteiger partial charge in [0.2, 0.25) is 5.91 Å². The number of aromatic nitrogens is 4. The van der Waals surface area contributed by atoms with Crippen molar-refractivity contribution in [3.05, 3.63) is 95.0 Å². The van der Waals surface area contributed by atoms with Crippen LogP contribution in [0, 0.1) is 6.92 Å². The molecule has 31 heavy (non-hydrogen) atoms. The molecule has 1 amide bonds. The van der Waals surface area contributed by atoms with Crippen molar-refractivity contribution in [3.8, 4) is 11.3 Å². The van der Waals surface area contributed by atoms with Crippen LogP contribution in [0.5, 0.6) is 0 Å². The monoisotopic (exact) mass is 429 g/mol. The molecule has 0 aliphatic rings. The topological polar surface area (TPSA) is 89.8 Å². The number of aryl methyl sites for hydroxylation is 1. The van der Waals surface area contributed by atoms with E-state index in [9.17, 15) is 9.59 Å². The van der Waals surface area contributed by atoms with Crippen LogP contribution in [0.3, 0.4) is 0 Å². The highest BCUT2D eigenvalue weighted by Gasteiger charge is 2.10. The lowest BCUT2D eigenvalue weighted by Crippen LogP contribution is -2.29. The summed E-state index contributed by atoms with van der Waals surface area (Å²) in [5, 5.41) is 7.85. The number of nitrogens with one attached hydrogen (secondary N) is 1. The van der Waals surface area contributed by atoms with Gasteiger partial charge in [-0.25, -0.2) is 14.6 Å². The summed E-state index contributed by atoms with van der Waals surface area (Å²) in [5.41, 5.74) is 2.75. The minimum absolute atomic E-state index is 0.173. The zero-order valence-electron chi connectivity index (χ0n) is 16.7. The van der Waals surface area contributed by atoms with Crippen molar-refractivity contribution >= 4 is 23.4 Å². The number of anilines is 1. The molecule has 0 bridgehead atoms. The predicted molar refractivity (Wildman–Crippen MR) is 120 cm³/mol. The van der Waals surface area contributed by atoms with E-state index in [-0.39, 0.29) is 18.0 Å². The lowest BCUT2D eigenvalue weighted by atomic mass is 10.1. The molecule has 154 valence electrons. The van der Waals surface area contributed by atoms with Crippen molar-refractivity contribution in [1.29, 1.82) is 0 Å². The maximum absolute atomic E-state index is 12.6. The Bertz CT molecular complexity index is 1260. The number of benzene rings is 2. The minimum Gasteiger partial charge on any atom is -0.324 e. The molecule has 8 heteroatoms. The highest BCUT2D eigenvalue weighted by atomic mass is 32.2. The van der Waals surface area contributed by atoms with Gasteiger partial charge in [0, 0.05) is 34.6 Å². The Kier molecular flexibility index (Phi) is 6.18. The molecule has 4 rings (SSSR count). The van der Waals surface area contributed by atoms with Gasteiger partial charge >= 0.3 is 0 Å². The maximum Gasteiger partial charge on any atom is 0.267 e. The molecule has 0 radical (unpaired) electrons. The highest BCUT2D eigenvalue weighted by molar-refractivity contribution is 7.99. The molecule has 0 atom stereocenters. The second-order valence-electron chi connectivity index (χ2n) is 6.74. The van der Waals surface area contributed by atoms with E-state index in [0.29, 0.717) is 16.5 Å². The number of nitrogens with zero attached hydrogens (tertiary/aromatic N) is 4. The van der Waals surface area contributed by atoms with Gasteiger partial charge in [-0.2, -0.15) is 5.10 Å². The fraction of sp³-hybridized carbons (Fsp3) is 0.0870. The first-order chi connectivity index (χ1) is 15.1. The van der Waals surface area contributed by atoms with Gasteiger partial charge in [0.05, 0.1) is 5.69 Å². The number of carbonyl (C=O) groups is 1. The summed E-state index contributed by atoms with van der Waals surface area (Å²) in [5.74, 6) is -0.324. The zero-order valence-corrected chi connectivity index (χ0v) is 17.5. The van der Waals surface area contributed by atoms with E-state index in [4.69, 9.17) is 0 Å². The van der Waals surface area contributed by atoms with E-state index in [1.807, 2.05) is 55.5 Å². The lowest BCUT2D eigenvalue weighted by molar-refractivity contribution is -0.117. The number of rotatable bonds is 6. The van der Waals surface area contributed by atoms with Gasteiger partial charge in [0.25, 0.3) is 5.56 Å². The van der Waals surface area contributed by atoms with Crippen molar-refractivity contribution < 1.29 is 4.79 Å². The molecule has 0 unspecified atom stereocenters. The van der Waals surface area contributed by atoms with Gasteiger partial charge in [0.15, 0.2) is 5.16 Å². The normalized spacial score (nSPS) is 10.6. The van der Waals surface area contributed by atoms with Crippen LogP contribution in [0.1, 0.15) is 5.56 Å². The molecule has 1 N–H and O–H groups in total. The first kappa shape index (κ1) is 20.5. The molecule has 4 aromatic rings. The van der Waals surface area contributed by atoms with Gasteiger partial charge in [-0.1, -0.05) is 30.3 Å². The largest absolute Gasteiger partial charge is 0.324 e. The second-order valence-corrected chi connectivity index (χ2v) is 7.78. The van der Waals surface area contributed by atoms with Crippen molar-refractivity contribution in [2.24, 2.45) is 0 Å². The second kappa shape index (κ2) is 9.36. The molecule has 2 heterocycles. The summed E-state index contributed by atoms with van der Waals surface area (Å²) in [6.07, 6.45) is 3.39. The Labute approximate surface area is 183 Å². The third-order valence-corrected chi connectivity index (χ3v) is 5.34. The molecule has 0 fully saturated rings. The Balaban J connectivity index is 1.46. The molecular formula is C23H19N5O2S. The average Bonchev–Trinajstić information content (AvgIpc) is 2.78. The first-order valence-electron chi connectivity index (χ1n) is 9.57. The van der Waals surface area contributed by atoms with Crippen LogP contribution >= 0.6 is 11.8 Å². The summed E-state index contributed by atoms with van der Waals surface area (Å²) in [6.45, 7) is 1.74. The van der Waals surface area contributed by atoms with Crippen molar-refractivity contribution in [2.75, 3.05) is 5.32 Å². The number of hydrogen-bond donors (Lipinski definition) is 1. The van der Waals surface area contributed by atoms with Crippen LogP contribution in [0.25, 0.3) is 11.3 Å². The quantitative estimate of drug-likeness (QED) is 0.469. The number of hydrogen-bond acceptors (Lipinski definition) is 6.